The maximum Gasteiger partial charge on any atom is 0.244 e. The lowest BCUT2D eigenvalue weighted by Crippen LogP contribution is -2.53. The molecule has 2 amide bonds. The zero-order valence-corrected chi connectivity index (χ0v) is 23.6. The number of nitrogens with one attached hydrogen (secondary N) is 1. The van der Waals surface area contributed by atoms with Crippen LogP contribution in [0.4, 0.5) is 10.1 Å². The third kappa shape index (κ3) is 8.03. The van der Waals surface area contributed by atoms with Gasteiger partial charge in [0.15, 0.2) is 0 Å². The van der Waals surface area contributed by atoms with Crippen LogP contribution in [0.1, 0.15) is 76.3 Å². The Balaban J connectivity index is 1.90. The van der Waals surface area contributed by atoms with Gasteiger partial charge in [0, 0.05) is 12.6 Å². The molecule has 0 unspecified atom stereocenters. The van der Waals surface area contributed by atoms with Crippen molar-refractivity contribution in [2.24, 2.45) is 0 Å². The molecule has 0 bridgehead atoms. The largest absolute Gasteiger partial charge is 0.352 e. The maximum absolute atomic E-state index is 13.8. The molecule has 1 fully saturated rings. The Kier molecular flexibility index (Phi) is 10.3. The summed E-state index contributed by atoms with van der Waals surface area (Å²) in [6.07, 6.45) is 6.49. The highest BCUT2D eigenvalue weighted by molar-refractivity contribution is 7.92. The van der Waals surface area contributed by atoms with E-state index in [9.17, 15) is 22.4 Å². The van der Waals surface area contributed by atoms with Gasteiger partial charge in [-0.05, 0) is 60.6 Å². The van der Waals surface area contributed by atoms with Gasteiger partial charge >= 0.3 is 0 Å². The fourth-order valence-corrected chi connectivity index (χ4v) is 5.74. The molecule has 9 heteroatoms. The topological polar surface area (TPSA) is 86.8 Å². The zero-order chi connectivity index (χ0) is 27.9. The monoisotopic (exact) mass is 545 g/mol. The molecule has 0 spiro atoms. The van der Waals surface area contributed by atoms with Crippen molar-refractivity contribution in [3.63, 3.8) is 0 Å². The molecule has 1 saturated carbocycles. The van der Waals surface area contributed by atoms with Gasteiger partial charge in [-0.1, -0.05) is 64.3 Å². The molecular weight excluding hydrogens is 505 g/mol. The molecule has 1 N–H and O–H groups in total. The average molecular weight is 546 g/mol. The van der Waals surface area contributed by atoms with Crippen LogP contribution in [0.5, 0.6) is 0 Å². The van der Waals surface area contributed by atoms with Gasteiger partial charge in [0.25, 0.3) is 0 Å². The van der Waals surface area contributed by atoms with Crippen LogP contribution >= 0.6 is 0 Å². The lowest BCUT2D eigenvalue weighted by atomic mass is 9.95. The highest BCUT2D eigenvalue weighted by Gasteiger charge is 2.32. The molecule has 2 aromatic carbocycles. The van der Waals surface area contributed by atoms with Crippen LogP contribution in [-0.2, 0) is 26.2 Å². The van der Waals surface area contributed by atoms with E-state index in [1.807, 2.05) is 32.9 Å². The first-order chi connectivity index (χ1) is 18.0. The number of carbonyl (C=O) groups excluding carboxylic acids is 2. The standard InChI is InChI=1S/C29H40FN3O4S/c1-5-27(29(35)31-25-9-7-6-8-10-25)32(19-22-11-15-24(30)16-12-22)28(34)20-33(38(4,36)37)26-17-13-23(14-18-26)21(2)3/h11-18,21,25,27H,5-10,19-20H2,1-4H3,(H,31,35)/t27-/m1/s1. The van der Waals surface area contributed by atoms with Gasteiger partial charge in [-0.25, -0.2) is 12.8 Å². The number of carbonyl (C=O) groups is 2. The first kappa shape index (κ1) is 29.6. The van der Waals surface area contributed by atoms with Crippen molar-refractivity contribution in [2.45, 2.75) is 83.8 Å². The third-order valence-corrected chi connectivity index (χ3v) is 8.27. The summed E-state index contributed by atoms with van der Waals surface area (Å²) in [5.41, 5.74) is 2.08. The van der Waals surface area contributed by atoms with Crippen LogP contribution < -0.4 is 9.62 Å². The van der Waals surface area contributed by atoms with E-state index in [0.717, 1.165) is 48.2 Å². The van der Waals surface area contributed by atoms with E-state index in [1.165, 1.54) is 17.0 Å². The quantitative estimate of drug-likeness (QED) is 0.432. The molecule has 2 aromatic rings. The minimum absolute atomic E-state index is 0.0552. The molecule has 0 saturated heterocycles. The average Bonchev–Trinajstić information content (AvgIpc) is 2.88. The predicted octanol–water partition coefficient (Wildman–Crippen LogP) is 4.97. The molecule has 1 aliphatic carbocycles. The molecule has 0 aromatic heterocycles. The first-order valence-electron chi connectivity index (χ1n) is 13.4. The smallest absolute Gasteiger partial charge is 0.244 e. The van der Waals surface area contributed by atoms with Gasteiger partial charge in [0.1, 0.15) is 18.4 Å². The zero-order valence-electron chi connectivity index (χ0n) is 22.8. The Labute approximate surface area is 226 Å². The minimum Gasteiger partial charge on any atom is -0.352 e. The number of anilines is 1. The van der Waals surface area contributed by atoms with Crippen molar-refractivity contribution in [3.05, 3.63) is 65.5 Å². The number of nitrogens with zero attached hydrogens (tertiary/aromatic N) is 2. The molecule has 1 aliphatic rings. The second kappa shape index (κ2) is 13.2. The summed E-state index contributed by atoms with van der Waals surface area (Å²) < 4.78 is 40.2. The van der Waals surface area contributed by atoms with Gasteiger partial charge in [-0.2, -0.15) is 0 Å². The van der Waals surface area contributed by atoms with Gasteiger partial charge in [0.2, 0.25) is 21.8 Å². The molecule has 0 radical (unpaired) electrons. The normalized spacial score (nSPS) is 15.2. The van der Waals surface area contributed by atoms with Crippen LogP contribution in [0.15, 0.2) is 48.5 Å². The van der Waals surface area contributed by atoms with Gasteiger partial charge in [-0.15, -0.1) is 0 Å². The Morgan fingerprint density at radius 1 is 1.00 bits per heavy atom. The highest BCUT2D eigenvalue weighted by Crippen LogP contribution is 2.24. The molecule has 0 heterocycles. The lowest BCUT2D eigenvalue weighted by molar-refractivity contribution is -0.140. The van der Waals surface area contributed by atoms with E-state index in [2.05, 4.69) is 5.32 Å². The fraction of sp³-hybridized carbons (Fsp3) is 0.517. The van der Waals surface area contributed by atoms with E-state index in [0.29, 0.717) is 17.7 Å². The second-order valence-corrected chi connectivity index (χ2v) is 12.3. The number of rotatable bonds is 11. The summed E-state index contributed by atoms with van der Waals surface area (Å²) in [6, 6.07) is 12.1. The van der Waals surface area contributed by atoms with Crippen molar-refractivity contribution < 1.29 is 22.4 Å². The fourth-order valence-electron chi connectivity index (χ4n) is 4.89. The summed E-state index contributed by atoms with van der Waals surface area (Å²) in [4.78, 5) is 28.6. The number of sulfonamides is 1. The van der Waals surface area contributed by atoms with Crippen molar-refractivity contribution in [2.75, 3.05) is 17.1 Å². The van der Waals surface area contributed by atoms with Crippen LogP contribution in [0, 0.1) is 5.82 Å². The van der Waals surface area contributed by atoms with Crippen LogP contribution in [-0.4, -0.2) is 50.0 Å². The van der Waals surface area contributed by atoms with E-state index in [4.69, 9.17) is 0 Å². The molecule has 38 heavy (non-hydrogen) atoms. The summed E-state index contributed by atoms with van der Waals surface area (Å²) in [6.45, 7) is 5.52. The van der Waals surface area contributed by atoms with Crippen molar-refractivity contribution in [1.29, 1.82) is 0 Å². The van der Waals surface area contributed by atoms with Crippen molar-refractivity contribution >= 4 is 27.5 Å². The highest BCUT2D eigenvalue weighted by atomic mass is 32.2. The third-order valence-electron chi connectivity index (χ3n) is 7.13. The number of halogens is 1. The SMILES string of the molecule is CC[C@H](C(=O)NC1CCCCC1)N(Cc1ccc(F)cc1)C(=O)CN(c1ccc(C(C)C)cc1)S(C)(=O)=O. The van der Waals surface area contributed by atoms with E-state index >= 15 is 0 Å². The Morgan fingerprint density at radius 2 is 1.61 bits per heavy atom. The molecular formula is C29H40FN3O4S. The van der Waals surface area contributed by atoms with E-state index in [1.54, 1.807) is 24.3 Å². The summed E-state index contributed by atoms with van der Waals surface area (Å²) in [5.74, 6) is -0.876. The van der Waals surface area contributed by atoms with E-state index < -0.39 is 34.3 Å². The number of hydrogen-bond donors (Lipinski definition) is 1. The number of hydrogen-bond acceptors (Lipinski definition) is 4. The minimum atomic E-state index is -3.80. The lowest BCUT2D eigenvalue weighted by Gasteiger charge is -2.34. The molecule has 0 aliphatic heterocycles. The number of amides is 2. The number of benzene rings is 2. The van der Waals surface area contributed by atoms with Crippen LogP contribution in [0.2, 0.25) is 0 Å². The Hall–Kier alpha value is -2.94. The second-order valence-electron chi connectivity index (χ2n) is 10.4. The summed E-state index contributed by atoms with van der Waals surface area (Å²) >= 11 is 0. The van der Waals surface area contributed by atoms with Crippen molar-refractivity contribution in [3.8, 4) is 0 Å². The van der Waals surface area contributed by atoms with Crippen molar-refractivity contribution in [1.82, 2.24) is 10.2 Å². The Morgan fingerprint density at radius 3 is 2.13 bits per heavy atom. The van der Waals surface area contributed by atoms with Gasteiger partial charge < -0.3 is 10.2 Å². The molecule has 1 atom stereocenters. The van der Waals surface area contributed by atoms with Crippen LogP contribution in [0.25, 0.3) is 0 Å². The molecule has 208 valence electrons. The molecule has 7 nitrogen and oxygen atoms in total. The Bertz CT molecular complexity index is 1180. The summed E-state index contributed by atoms with van der Waals surface area (Å²) in [7, 11) is -3.80. The van der Waals surface area contributed by atoms with Gasteiger partial charge in [-0.3, -0.25) is 13.9 Å². The summed E-state index contributed by atoms with van der Waals surface area (Å²) in [5, 5.41) is 3.11. The first-order valence-corrected chi connectivity index (χ1v) is 15.3. The van der Waals surface area contributed by atoms with Gasteiger partial charge in [0.05, 0.1) is 11.9 Å². The molecule has 3 rings (SSSR count). The van der Waals surface area contributed by atoms with Crippen LogP contribution in [0.3, 0.4) is 0 Å². The maximum atomic E-state index is 13.8. The van der Waals surface area contributed by atoms with E-state index in [-0.39, 0.29) is 24.4 Å². The predicted molar refractivity (Wildman–Crippen MR) is 149 cm³/mol.